The summed E-state index contributed by atoms with van der Waals surface area (Å²) >= 11 is 0. The van der Waals surface area contributed by atoms with Crippen molar-refractivity contribution in [2.75, 3.05) is 4.90 Å². The van der Waals surface area contributed by atoms with Gasteiger partial charge in [0.25, 0.3) is 11.7 Å². The predicted molar refractivity (Wildman–Crippen MR) is 133 cm³/mol. The van der Waals surface area contributed by atoms with Gasteiger partial charge in [0, 0.05) is 11.3 Å². The van der Waals surface area contributed by atoms with Crippen LogP contribution in [0.5, 0.6) is 0 Å². The normalized spacial score (nSPS) is 18.1. The van der Waals surface area contributed by atoms with Crippen LogP contribution in [-0.4, -0.2) is 16.8 Å². The molecule has 5 heteroatoms. The number of rotatable bonds is 3. The lowest BCUT2D eigenvalue weighted by Crippen LogP contribution is -2.29. The number of benzene rings is 3. The molecule has 0 radical (unpaired) electrons. The van der Waals surface area contributed by atoms with Gasteiger partial charge >= 0.3 is 0 Å². The maximum absolute atomic E-state index is 13.2. The summed E-state index contributed by atoms with van der Waals surface area (Å²) in [6.07, 6.45) is 1.49. The molecule has 1 atom stereocenters. The second kappa shape index (κ2) is 8.03. The quantitative estimate of drug-likeness (QED) is 0.224. The highest BCUT2D eigenvalue weighted by molar-refractivity contribution is 6.51. The lowest BCUT2D eigenvalue weighted by Gasteiger charge is -2.25. The van der Waals surface area contributed by atoms with Gasteiger partial charge in [0.2, 0.25) is 0 Å². The Labute approximate surface area is 197 Å². The molecule has 5 rings (SSSR count). The number of carbonyl (C=O) groups excluding carboxylic acids is 2. The Balaban J connectivity index is 1.66. The van der Waals surface area contributed by atoms with Crippen LogP contribution in [0.3, 0.4) is 0 Å². The molecule has 0 bridgehead atoms. The van der Waals surface area contributed by atoms with E-state index in [0.29, 0.717) is 17.0 Å². The van der Waals surface area contributed by atoms with Crippen molar-refractivity contribution in [2.45, 2.75) is 32.2 Å². The second-order valence-electron chi connectivity index (χ2n) is 9.54. The zero-order valence-corrected chi connectivity index (χ0v) is 19.3. The Bertz CT molecular complexity index is 1420. The van der Waals surface area contributed by atoms with Gasteiger partial charge in [-0.2, -0.15) is 0 Å². The van der Waals surface area contributed by atoms with Crippen LogP contribution in [0, 0.1) is 0 Å². The lowest BCUT2D eigenvalue weighted by molar-refractivity contribution is -0.132. The topological polar surface area (TPSA) is 70.8 Å². The highest BCUT2D eigenvalue weighted by atomic mass is 16.3. The van der Waals surface area contributed by atoms with Gasteiger partial charge < -0.3 is 9.52 Å². The number of nitrogens with zero attached hydrogens (tertiary/aromatic N) is 1. The maximum atomic E-state index is 13.2. The summed E-state index contributed by atoms with van der Waals surface area (Å²) in [6, 6.07) is 23.3. The molecule has 1 aromatic heterocycles. The number of amides is 1. The minimum atomic E-state index is -0.873. The first kappa shape index (κ1) is 21.7. The van der Waals surface area contributed by atoms with E-state index in [-0.39, 0.29) is 16.7 Å². The van der Waals surface area contributed by atoms with E-state index in [9.17, 15) is 14.7 Å². The Morgan fingerprint density at radius 1 is 0.882 bits per heavy atom. The number of anilines is 1. The molecule has 0 saturated carbocycles. The fraction of sp³-hybridized carbons (Fsp3) is 0.172. The Hall–Kier alpha value is -4.12. The first-order valence-corrected chi connectivity index (χ1v) is 11.2. The van der Waals surface area contributed by atoms with Crippen molar-refractivity contribution in [3.8, 4) is 0 Å². The van der Waals surface area contributed by atoms with Crippen LogP contribution in [0.4, 0.5) is 5.69 Å². The minimum Gasteiger partial charge on any atom is -0.507 e. The van der Waals surface area contributed by atoms with Crippen molar-refractivity contribution in [3.63, 3.8) is 0 Å². The molecule has 0 aliphatic carbocycles. The van der Waals surface area contributed by atoms with Crippen LogP contribution in [0.15, 0.2) is 95.1 Å². The molecule has 1 aliphatic heterocycles. The summed E-state index contributed by atoms with van der Waals surface area (Å²) in [5, 5.41) is 13.2. The predicted octanol–water partition coefficient (Wildman–Crippen LogP) is 6.36. The van der Waals surface area contributed by atoms with Crippen molar-refractivity contribution < 1.29 is 19.1 Å². The molecule has 170 valence electrons. The van der Waals surface area contributed by atoms with Gasteiger partial charge in [0.15, 0.2) is 0 Å². The zero-order chi connectivity index (χ0) is 24.0. The van der Waals surface area contributed by atoms with Crippen LogP contribution >= 0.6 is 0 Å². The molecule has 5 nitrogen and oxygen atoms in total. The average Bonchev–Trinajstić information content (AvgIpc) is 3.45. The molecule has 1 N–H and O–H groups in total. The number of aliphatic hydroxyl groups excluding tert-OH is 1. The molecule has 4 aromatic rings. The third-order valence-electron chi connectivity index (χ3n) is 6.29. The average molecular weight is 452 g/mol. The number of furan rings is 1. The smallest absolute Gasteiger partial charge is 0.300 e. The van der Waals surface area contributed by atoms with Gasteiger partial charge in [-0.3, -0.25) is 14.5 Å². The van der Waals surface area contributed by atoms with E-state index >= 15 is 0 Å². The summed E-state index contributed by atoms with van der Waals surface area (Å²) in [6.45, 7) is 6.34. The fourth-order valence-corrected chi connectivity index (χ4v) is 4.43. The molecule has 2 heterocycles. The van der Waals surface area contributed by atoms with Crippen molar-refractivity contribution >= 4 is 33.9 Å². The van der Waals surface area contributed by atoms with Crippen LogP contribution in [0.1, 0.15) is 43.7 Å². The fourth-order valence-electron chi connectivity index (χ4n) is 4.43. The molecule has 1 aliphatic rings. The lowest BCUT2D eigenvalue weighted by atomic mass is 9.87. The number of hydrogen-bond donors (Lipinski definition) is 1. The molecular weight excluding hydrogens is 426 g/mol. The van der Waals surface area contributed by atoms with E-state index in [1.165, 1.54) is 11.2 Å². The molecule has 0 spiro atoms. The molecule has 1 amide bonds. The second-order valence-corrected chi connectivity index (χ2v) is 9.54. The van der Waals surface area contributed by atoms with E-state index < -0.39 is 17.7 Å². The SMILES string of the molecule is CC(C)(C)c1ccc(N2C(=O)C(=O)/C(=C(\O)c3ccc4ccccc4c3)C2c2ccco2)cc1. The number of fused-ring (bicyclic) bond motifs is 1. The van der Waals surface area contributed by atoms with Crippen molar-refractivity contribution in [2.24, 2.45) is 0 Å². The maximum Gasteiger partial charge on any atom is 0.300 e. The van der Waals surface area contributed by atoms with Gasteiger partial charge in [-0.15, -0.1) is 0 Å². The third kappa shape index (κ3) is 3.59. The summed E-state index contributed by atoms with van der Waals surface area (Å²) in [7, 11) is 0. The summed E-state index contributed by atoms with van der Waals surface area (Å²) in [4.78, 5) is 27.9. The number of hydrogen-bond acceptors (Lipinski definition) is 4. The van der Waals surface area contributed by atoms with Gasteiger partial charge in [-0.05, 0) is 52.1 Å². The van der Waals surface area contributed by atoms with E-state index in [2.05, 4.69) is 20.8 Å². The number of aliphatic hydroxyl groups is 1. The standard InChI is InChI=1S/C29H25NO4/c1-29(2,3)21-12-14-22(15-13-21)30-25(23-9-6-16-34-23)24(27(32)28(30)33)26(31)20-11-10-18-7-4-5-8-19(18)17-20/h4-17,25,31H,1-3H3/b26-24-. The first-order valence-electron chi connectivity index (χ1n) is 11.2. The summed E-state index contributed by atoms with van der Waals surface area (Å²) < 4.78 is 5.64. The summed E-state index contributed by atoms with van der Waals surface area (Å²) in [5.74, 6) is -1.26. The Morgan fingerprint density at radius 2 is 1.59 bits per heavy atom. The monoisotopic (exact) mass is 451 g/mol. The highest BCUT2D eigenvalue weighted by Crippen LogP contribution is 2.42. The third-order valence-corrected chi connectivity index (χ3v) is 6.29. The van der Waals surface area contributed by atoms with E-state index in [0.717, 1.165) is 16.3 Å². The van der Waals surface area contributed by atoms with Gasteiger partial charge in [-0.25, -0.2) is 0 Å². The van der Waals surface area contributed by atoms with Crippen LogP contribution in [0.25, 0.3) is 16.5 Å². The molecular formula is C29H25NO4. The van der Waals surface area contributed by atoms with E-state index in [4.69, 9.17) is 4.42 Å². The Morgan fingerprint density at radius 3 is 2.24 bits per heavy atom. The van der Waals surface area contributed by atoms with Crippen molar-refractivity contribution in [1.82, 2.24) is 0 Å². The van der Waals surface area contributed by atoms with Crippen LogP contribution in [0.2, 0.25) is 0 Å². The zero-order valence-electron chi connectivity index (χ0n) is 19.3. The van der Waals surface area contributed by atoms with Gasteiger partial charge in [-0.1, -0.05) is 69.3 Å². The number of carbonyl (C=O) groups is 2. The summed E-state index contributed by atoms with van der Waals surface area (Å²) in [5.41, 5.74) is 2.10. The Kier molecular flexibility index (Phi) is 5.13. The largest absolute Gasteiger partial charge is 0.507 e. The number of Topliss-reactive ketones (excluding diaryl/α,β-unsaturated/α-hetero) is 1. The molecule has 1 saturated heterocycles. The van der Waals surface area contributed by atoms with Gasteiger partial charge in [0.05, 0.1) is 11.8 Å². The van der Waals surface area contributed by atoms with Crippen LogP contribution < -0.4 is 4.90 Å². The highest BCUT2D eigenvalue weighted by Gasteiger charge is 2.48. The molecule has 34 heavy (non-hydrogen) atoms. The molecule has 1 fully saturated rings. The van der Waals surface area contributed by atoms with E-state index in [1.54, 1.807) is 18.2 Å². The van der Waals surface area contributed by atoms with E-state index in [1.807, 2.05) is 60.7 Å². The van der Waals surface area contributed by atoms with Gasteiger partial charge in [0.1, 0.15) is 17.6 Å². The molecule has 3 aromatic carbocycles. The van der Waals surface area contributed by atoms with Crippen molar-refractivity contribution in [3.05, 3.63) is 108 Å². The minimum absolute atomic E-state index is 0.00938. The molecule has 1 unspecified atom stereocenters. The first-order chi connectivity index (χ1) is 16.3. The van der Waals surface area contributed by atoms with Crippen LogP contribution in [-0.2, 0) is 15.0 Å². The van der Waals surface area contributed by atoms with Crippen molar-refractivity contribution in [1.29, 1.82) is 0 Å². The number of ketones is 1.